The van der Waals surface area contributed by atoms with Crippen LogP contribution in [0.25, 0.3) is 0 Å². The molecular formula is C16H27ClN4. The van der Waals surface area contributed by atoms with Crippen molar-refractivity contribution >= 4 is 17.4 Å². The number of aromatic nitrogens is 1. The Morgan fingerprint density at radius 3 is 2.48 bits per heavy atom. The van der Waals surface area contributed by atoms with Gasteiger partial charge in [0.05, 0.1) is 10.7 Å². The van der Waals surface area contributed by atoms with Crippen molar-refractivity contribution < 1.29 is 0 Å². The first kappa shape index (κ1) is 16.5. The van der Waals surface area contributed by atoms with E-state index in [4.69, 9.17) is 11.6 Å². The van der Waals surface area contributed by atoms with Crippen molar-refractivity contribution in [2.45, 2.75) is 33.2 Å². The molecule has 0 aliphatic carbocycles. The van der Waals surface area contributed by atoms with E-state index in [9.17, 15) is 0 Å². The van der Waals surface area contributed by atoms with Gasteiger partial charge in [-0.2, -0.15) is 0 Å². The van der Waals surface area contributed by atoms with E-state index in [1.165, 1.54) is 13.0 Å². The molecular weight excluding hydrogens is 284 g/mol. The fourth-order valence-corrected chi connectivity index (χ4v) is 2.81. The lowest BCUT2D eigenvalue weighted by atomic mass is 10.2. The Morgan fingerprint density at radius 2 is 1.81 bits per heavy atom. The molecule has 21 heavy (non-hydrogen) atoms. The summed E-state index contributed by atoms with van der Waals surface area (Å²) in [6, 6.07) is 3.91. The number of hydrogen-bond acceptors (Lipinski definition) is 4. The summed E-state index contributed by atoms with van der Waals surface area (Å²) in [5, 5.41) is 4.10. The Kier molecular flexibility index (Phi) is 6.74. The first-order chi connectivity index (χ1) is 10.2. The Labute approximate surface area is 133 Å². The molecule has 1 aromatic rings. The van der Waals surface area contributed by atoms with Gasteiger partial charge in [-0.1, -0.05) is 25.4 Å². The molecule has 118 valence electrons. The van der Waals surface area contributed by atoms with Crippen LogP contribution >= 0.6 is 11.6 Å². The van der Waals surface area contributed by atoms with E-state index in [2.05, 4.69) is 33.9 Å². The van der Waals surface area contributed by atoms with Gasteiger partial charge in [-0.15, -0.1) is 0 Å². The summed E-state index contributed by atoms with van der Waals surface area (Å²) in [6.45, 7) is 11.9. The van der Waals surface area contributed by atoms with Crippen LogP contribution in [0.15, 0.2) is 12.1 Å². The molecule has 1 aliphatic rings. The molecule has 2 rings (SSSR count). The first-order valence-corrected chi connectivity index (χ1v) is 8.44. The van der Waals surface area contributed by atoms with E-state index >= 15 is 0 Å². The first-order valence-electron chi connectivity index (χ1n) is 8.07. The summed E-state index contributed by atoms with van der Waals surface area (Å²) < 4.78 is 0. The highest BCUT2D eigenvalue weighted by Gasteiger charge is 2.17. The fraction of sp³-hybridized carbons (Fsp3) is 0.688. The molecule has 0 atom stereocenters. The second-order valence-corrected chi connectivity index (χ2v) is 6.08. The minimum Gasteiger partial charge on any atom is -0.370 e. The molecule has 0 spiro atoms. The molecule has 0 bridgehead atoms. The van der Waals surface area contributed by atoms with E-state index in [-0.39, 0.29) is 0 Å². The van der Waals surface area contributed by atoms with E-state index in [0.29, 0.717) is 0 Å². The third-order valence-corrected chi connectivity index (χ3v) is 4.20. The second kappa shape index (κ2) is 8.57. The van der Waals surface area contributed by atoms with Crippen molar-refractivity contribution in [1.29, 1.82) is 0 Å². The van der Waals surface area contributed by atoms with Gasteiger partial charge in [-0.25, -0.2) is 4.98 Å². The van der Waals surface area contributed by atoms with Gasteiger partial charge in [0.2, 0.25) is 0 Å². The smallest absolute Gasteiger partial charge is 0.126 e. The van der Waals surface area contributed by atoms with Crippen molar-refractivity contribution in [2.75, 3.05) is 44.6 Å². The third-order valence-electron chi connectivity index (χ3n) is 3.85. The van der Waals surface area contributed by atoms with Gasteiger partial charge in [0.1, 0.15) is 5.82 Å². The quantitative estimate of drug-likeness (QED) is 0.838. The highest BCUT2D eigenvalue weighted by Crippen LogP contribution is 2.19. The minimum absolute atomic E-state index is 0.771. The number of rotatable bonds is 7. The van der Waals surface area contributed by atoms with Crippen LogP contribution < -0.4 is 5.32 Å². The van der Waals surface area contributed by atoms with Crippen LogP contribution in [0.5, 0.6) is 0 Å². The molecule has 0 unspecified atom stereocenters. The molecule has 5 heteroatoms. The number of pyridine rings is 1. The normalized spacial score (nSPS) is 17.1. The van der Waals surface area contributed by atoms with Crippen molar-refractivity contribution in [2.24, 2.45) is 0 Å². The topological polar surface area (TPSA) is 31.4 Å². The standard InChI is InChI=1S/C16H27ClN4/c1-3-7-18-16-6-5-14(17)15(19-16)13-21-11-9-20(8-4-2)10-12-21/h5-6H,3-4,7-13H2,1-2H3,(H,18,19). The average Bonchev–Trinajstić information content (AvgIpc) is 2.50. The molecule has 0 amide bonds. The monoisotopic (exact) mass is 310 g/mol. The molecule has 1 N–H and O–H groups in total. The summed E-state index contributed by atoms with van der Waals surface area (Å²) in [7, 11) is 0. The van der Waals surface area contributed by atoms with Gasteiger partial charge in [0, 0.05) is 39.3 Å². The number of nitrogens with zero attached hydrogens (tertiary/aromatic N) is 3. The van der Waals surface area contributed by atoms with Crippen LogP contribution in [0.3, 0.4) is 0 Å². The van der Waals surface area contributed by atoms with Gasteiger partial charge < -0.3 is 10.2 Å². The lowest BCUT2D eigenvalue weighted by Crippen LogP contribution is -2.46. The minimum atomic E-state index is 0.771. The van der Waals surface area contributed by atoms with Crippen LogP contribution in [0, 0.1) is 0 Å². The highest BCUT2D eigenvalue weighted by atomic mass is 35.5. The number of hydrogen-bond donors (Lipinski definition) is 1. The zero-order chi connectivity index (χ0) is 15.1. The molecule has 0 saturated carbocycles. The maximum Gasteiger partial charge on any atom is 0.126 e. The fourth-order valence-electron chi connectivity index (χ4n) is 2.65. The summed E-state index contributed by atoms with van der Waals surface area (Å²) in [6.07, 6.45) is 2.33. The molecule has 1 aromatic heterocycles. The van der Waals surface area contributed by atoms with Crippen LogP contribution in [-0.4, -0.2) is 54.1 Å². The molecule has 1 saturated heterocycles. The van der Waals surface area contributed by atoms with Crippen LogP contribution in [-0.2, 0) is 6.54 Å². The van der Waals surface area contributed by atoms with E-state index in [1.807, 2.05) is 12.1 Å². The number of halogens is 1. The predicted molar refractivity (Wildman–Crippen MR) is 90.0 cm³/mol. The molecule has 2 heterocycles. The summed E-state index contributed by atoms with van der Waals surface area (Å²) >= 11 is 6.30. The molecule has 0 aromatic carbocycles. The maximum atomic E-state index is 6.30. The number of piperazine rings is 1. The summed E-state index contributed by atoms with van der Waals surface area (Å²) in [4.78, 5) is 9.64. The number of anilines is 1. The van der Waals surface area contributed by atoms with Crippen LogP contribution in [0.2, 0.25) is 5.02 Å². The summed E-state index contributed by atoms with van der Waals surface area (Å²) in [5.41, 5.74) is 0.988. The van der Waals surface area contributed by atoms with E-state index in [0.717, 1.165) is 62.2 Å². The SMILES string of the molecule is CCCNc1ccc(Cl)c(CN2CCN(CCC)CC2)n1. The molecule has 4 nitrogen and oxygen atoms in total. The van der Waals surface area contributed by atoms with Crippen LogP contribution in [0.4, 0.5) is 5.82 Å². The van der Waals surface area contributed by atoms with E-state index in [1.54, 1.807) is 0 Å². The van der Waals surface area contributed by atoms with Gasteiger partial charge in [0.15, 0.2) is 0 Å². The largest absolute Gasteiger partial charge is 0.370 e. The van der Waals surface area contributed by atoms with E-state index < -0.39 is 0 Å². The van der Waals surface area contributed by atoms with Gasteiger partial charge in [-0.3, -0.25) is 4.90 Å². The Morgan fingerprint density at radius 1 is 1.10 bits per heavy atom. The molecule has 1 fully saturated rings. The van der Waals surface area contributed by atoms with Gasteiger partial charge >= 0.3 is 0 Å². The predicted octanol–water partition coefficient (Wildman–Crippen LogP) is 3.08. The highest BCUT2D eigenvalue weighted by molar-refractivity contribution is 6.31. The number of nitrogens with one attached hydrogen (secondary N) is 1. The lowest BCUT2D eigenvalue weighted by Gasteiger charge is -2.34. The zero-order valence-electron chi connectivity index (χ0n) is 13.2. The third kappa shape index (κ3) is 5.13. The Balaban J connectivity index is 1.90. The zero-order valence-corrected chi connectivity index (χ0v) is 14.0. The van der Waals surface area contributed by atoms with Crippen molar-refractivity contribution in [3.8, 4) is 0 Å². The van der Waals surface area contributed by atoms with Crippen molar-refractivity contribution in [1.82, 2.24) is 14.8 Å². The Bertz CT molecular complexity index is 430. The molecule has 1 aliphatic heterocycles. The van der Waals surface area contributed by atoms with Gasteiger partial charge in [-0.05, 0) is 31.5 Å². The van der Waals surface area contributed by atoms with Crippen molar-refractivity contribution in [3.63, 3.8) is 0 Å². The van der Waals surface area contributed by atoms with Gasteiger partial charge in [0.25, 0.3) is 0 Å². The van der Waals surface area contributed by atoms with Crippen LogP contribution in [0.1, 0.15) is 32.4 Å². The lowest BCUT2D eigenvalue weighted by molar-refractivity contribution is 0.126. The average molecular weight is 311 g/mol. The van der Waals surface area contributed by atoms with Crippen molar-refractivity contribution in [3.05, 3.63) is 22.8 Å². The second-order valence-electron chi connectivity index (χ2n) is 5.67. The maximum absolute atomic E-state index is 6.30. The molecule has 0 radical (unpaired) electrons. The summed E-state index contributed by atoms with van der Waals surface area (Å²) in [5.74, 6) is 0.931. The Hall–Kier alpha value is -0.840.